The highest BCUT2D eigenvalue weighted by Gasteiger charge is 2.42. The van der Waals surface area contributed by atoms with Gasteiger partial charge in [-0.05, 0) is 57.2 Å². The van der Waals surface area contributed by atoms with Crippen LogP contribution in [0.2, 0.25) is 0 Å². The van der Waals surface area contributed by atoms with Crippen molar-refractivity contribution in [2.24, 2.45) is 17.1 Å². The highest BCUT2D eigenvalue weighted by molar-refractivity contribution is 4.95. The molecule has 0 aromatic heterocycles. The quantitative estimate of drug-likeness (QED) is 0.634. The van der Waals surface area contributed by atoms with Crippen LogP contribution >= 0.6 is 0 Å². The summed E-state index contributed by atoms with van der Waals surface area (Å²) in [5.41, 5.74) is 6.39. The van der Waals surface area contributed by atoms with E-state index in [1.165, 1.54) is 38.8 Å². The Hall–Kier alpha value is -0.0800. The van der Waals surface area contributed by atoms with E-state index in [0.29, 0.717) is 5.41 Å². The summed E-state index contributed by atoms with van der Waals surface area (Å²) in [6.45, 7) is 3.53. The van der Waals surface area contributed by atoms with Crippen LogP contribution in [0.5, 0.6) is 0 Å². The normalized spacial score (nSPS) is 43.0. The summed E-state index contributed by atoms with van der Waals surface area (Å²) < 4.78 is 0. The van der Waals surface area contributed by atoms with Crippen molar-refractivity contribution in [3.63, 3.8) is 0 Å². The highest BCUT2D eigenvalue weighted by atomic mass is 15.1. The molecule has 1 aliphatic carbocycles. The van der Waals surface area contributed by atoms with Crippen LogP contribution < -0.4 is 5.73 Å². The third-order valence-corrected chi connectivity index (χ3v) is 3.77. The van der Waals surface area contributed by atoms with E-state index in [0.717, 1.165) is 12.5 Å². The highest BCUT2D eigenvalue weighted by Crippen LogP contribution is 2.47. The molecule has 0 aromatic rings. The molecule has 2 N–H and O–H groups in total. The van der Waals surface area contributed by atoms with Crippen LogP contribution in [0.4, 0.5) is 0 Å². The smallest absolute Gasteiger partial charge is 0.00355 e. The summed E-state index contributed by atoms with van der Waals surface area (Å²) in [5.74, 6) is 0.830. The molecule has 1 aliphatic heterocycles. The number of nitrogens with two attached hydrogens (primary N) is 1. The Balaban J connectivity index is 1.97. The van der Waals surface area contributed by atoms with E-state index in [2.05, 4.69) is 11.9 Å². The van der Waals surface area contributed by atoms with Gasteiger partial charge < -0.3 is 10.6 Å². The minimum atomic E-state index is 0.679. The standard InChI is InChI=1S/C10H20N2/c1-12-5-4-10(8-12)3-2-9(6-10)7-11/h9H,2-8,11H2,1H3/t9-,10+/m1/s1. The van der Waals surface area contributed by atoms with Crippen molar-refractivity contribution in [2.75, 3.05) is 26.7 Å². The summed E-state index contributed by atoms with van der Waals surface area (Å²) in [6, 6.07) is 0. The number of rotatable bonds is 1. The summed E-state index contributed by atoms with van der Waals surface area (Å²) in [6.07, 6.45) is 5.62. The molecule has 1 saturated heterocycles. The molecule has 1 spiro atoms. The number of likely N-dealkylation sites (tertiary alicyclic amines) is 1. The minimum absolute atomic E-state index is 0.679. The molecule has 0 unspecified atom stereocenters. The number of nitrogens with zero attached hydrogens (tertiary/aromatic N) is 1. The molecular formula is C10H20N2. The minimum Gasteiger partial charge on any atom is -0.330 e. The Morgan fingerprint density at radius 2 is 2.33 bits per heavy atom. The van der Waals surface area contributed by atoms with Gasteiger partial charge in [0.15, 0.2) is 0 Å². The first kappa shape index (κ1) is 8.52. The van der Waals surface area contributed by atoms with Crippen LogP contribution in [-0.4, -0.2) is 31.6 Å². The Morgan fingerprint density at radius 1 is 1.50 bits per heavy atom. The molecule has 0 radical (unpaired) electrons. The molecular weight excluding hydrogens is 148 g/mol. The number of hydrogen-bond donors (Lipinski definition) is 1. The molecule has 2 nitrogen and oxygen atoms in total. The van der Waals surface area contributed by atoms with Gasteiger partial charge in [-0.2, -0.15) is 0 Å². The van der Waals surface area contributed by atoms with E-state index in [9.17, 15) is 0 Å². The molecule has 2 rings (SSSR count). The Morgan fingerprint density at radius 3 is 2.83 bits per heavy atom. The molecule has 0 amide bonds. The lowest BCUT2D eigenvalue weighted by atomic mass is 9.84. The van der Waals surface area contributed by atoms with Gasteiger partial charge in [0.25, 0.3) is 0 Å². The van der Waals surface area contributed by atoms with E-state index >= 15 is 0 Å². The first-order valence-electron chi connectivity index (χ1n) is 5.13. The third-order valence-electron chi connectivity index (χ3n) is 3.77. The maximum atomic E-state index is 5.71. The van der Waals surface area contributed by atoms with Crippen molar-refractivity contribution in [1.29, 1.82) is 0 Å². The lowest BCUT2D eigenvalue weighted by molar-refractivity contribution is 0.279. The maximum absolute atomic E-state index is 5.71. The second-order valence-corrected chi connectivity index (χ2v) is 4.83. The van der Waals surface area contributed by atoms with Crippen LogP contribution in [0.25, 0.3) is 0 Å². The zero-order valence-corrected chi connectivity index (χ0v) is 8.05. The fourth-order valence-corrected chi connectivity index (χ4v) is 3.06. The van der Waals surface area contributed by atoms with Gasteiger partial charge in [0.2, 0.25) is 0 Å². The van der Waals surface area contributed by atoms with Gasteiger partial charge in [0.05, 0.1) is 0 Å². The van der Waals surface area contributed by atoms with Crippen LogP contribution in [0, 0.1) is 11.3 Å². The van der Waals surface area contributed by atoms with Gasteiger partial charge in [-0.1, -0.05) is 0 Å². The summed E-state index contributed by atoms with van der Waals surface area (Å²) in [5, 5.41) is 0. The van der Waals surface area contributed by atoms with Gasteiger partial charge in [0, 0.05) is 6.54 Å². The molecule has 0 aromatic carbocycles. The van der Waals surface area contributed by atoms with Crippen LogP contribution in [0.15, 0.2) is 0 Å². The van der Waals surface area contributed by atoms with Crippen molar-refractivity contribution in [1.82, 2.24) is 4.90 Å². The molecule has 70 valence electrons. The van der Waals surface area contributed by atoms with Gasteiger partial charge >= 0.3 is 0 Å². The van der Waals surface area contributed by atoms with Crippen molar-refractivity contribution in [3.8, 4) is 0 Å². The predicted octanol–water partition coefficient (Wildman–Crippen LogP) is 1.07. The molecule has 2 heteroatoms. The van der Waals surface area contributed by atoms with Gasteiger partial charge in [-0.15, -0.1) is 0 Å². The maximum Gasteiger partial charge on any atom is 0.00355 e. The van der Waals surface area contributed by atoms with Crippen molar-refractivity contribution < 1.29 is 0 Å². The van der Waals surface area contributed by atoms with E-state index in [-0.39, 0.29) is 0 Å². The predicted molar refractivity (Wildman–Crippen MR) is 50.9 cm³/mol. The van der Waals surface area contributed by atoms with Crippen molar-refractivity contribution >= 4 is 0 Å². The van der Waals surface area contributed by atoms with E-state index in [4.69, 9.17) is 5.73 Å². The topological polar surface area (TPSA) is 29.3 Å². The van der Waals surface area contributed by atoms with Crippen LogP contribution in [0.3, 0.4) is 0 Å². The zero-order valence-electron chi connectivity index (χ0n) is 8.05. The Bertz CT molecular complexity index is 169. The molecule has 2 fully saturated rings. The van der Waals surface area contributed by atoms with Crippen LogP contribution in [0.1, 0.15) is 25.7 Å². The Labute approximate surface area is 75.1 Å². The van der Waals surface area contributed by atoms with Crippen molar-refractivity contribution in [2.45, 2.75) is 25.7 Å². The molecule has 2 aliphatic rings. The van der Waals surface area contributed by atoms with Crippen LogP contribution in [-0.2, 0) is 0 Å². The van der Waals surface area contributed by atoms with E-state index in [1.807, 2.05) is 0 Å². The Kier molecular flexibility index (Phi) is 2.13. The zero-order chi connectivity index (χ0) is 8.60. The molecule has 12 heavy (non-hydrogen) atoms. The molecule has 2 atom stereocenters. The first-order chi connectivity index (χ1) is 5.74. The lowest BCUT2D eigenvalue weighted by Crippen LogP contribution is -2.23. The fourth-order valence-electron chi connectivity index (χ4n) is 3.06. The monoisotopic (exact) mass is 168 g/mol. The van der Waals surface area contributed by atoms with Crippen molar-refractivity contribution in [3.05, 3.63) is 0 Å². The van der Waals surface area contributed by atoms with E-state index < -0.39 is 0 Å². The van der Waals surface area contributed by atoms with E-state index in [1.54, 1.807) is 0 Å². The molecule has 1 heterocycles. The summed E-state index contributed by atoms with van der Waals surface area (Å²) in [4.78, 5) is 2.47. The summed E-state index contributed by atoms with van der Waals surface area (Å²) in [7, 11) is 2.24. The van der Waals surface area contributed by atoms with Gasteiger partial charge in [-0.3, -0.25) is 0 Å². The average molecular weight is 168 g/mol. The average Bonchev–Trinajstić information content (AvgIpc) is 2.61. The number of hydrogen-bond acceptors (Lipinski definition) is 2. The largest absolute Gasteiger partial charge is 0.330 e. The first-order valence-corrected chi connectivity index (χ1v) is 5.13. The molecule has 1 saturated carbocycles. The second-order valence-electron chi connectivity index (χ2n) is 4.83. The molecule has 0 bridgehead atoms. The SMILES string of the molecule is CN1CC[C@]2(CC[C@@H](CN)C2)C1. The van der Waals surface area contributed by atoms with Gasteiger partial charge in [-0.25, -0.2) is 0 Å². The second kappa shape index (κ2) is 3.00. The van der Waals surface area contributed by atoms with Gasteiger partial charge in [0.1, 0.15) is 0 Å². The fraction of sp³-hybridized carbons (Fsp3) is 1.00. The third kappa shape index (κ3) is 1.38. The summed E-state index contributed by atoms with van der Waals surface area (Å²) >= 11 is 0. The lowest BCUT2D eigenvalue weighted by Gasteiger charge is -2.22.